The zero-order valence-corrected chi connectivity index (χ0v) is 50.8. The molecule has 0 saturated carbocycles. The van der Waals surface area contributed by atoms with Crippen molar-refractivity contribution >= 4 is 19.8 Å². The number of nitrogens with zero attached hydrogens (tertiary/aromatic N) is 1. The molecule has 76 heavy (non-hydrogen) atoms. The van der Waals surface area contributed by atoms with Gasteiger partial charge in [-0.1, -0.05) is 259 Å². The maximum atomic E-state index is 12.8. The second-order valence-corrected chi connectivity index (χ2v) is 23.4. The second-order valence-electron chi connectivity index (χ2n) is 22.0. The minimum Gasteiger partial charge on any atom is -0.756 e. The molecule has 0 bridgehead atoms. The highest BCUT2D eigenvalue weighted by molar-refractivity contribution is 7.45. The monoisotopic (exact) mass is 1080 g/mol. The fourth-order valence-electron chi connectivity index (χ4n) is 8.58. The van der Waals surface area contributed by atoms with Gasteiger partial charge in [-0.15, -0.1) is 0 Å². The molecule has 0 N–H and O–H groups in total. The predicted octanol–water partition coefficient (Wildman–Crippen LogP) is 19.2. The number of hydrogen-bond donors (Lipinski definition) is 0. The first kappa shape index (κ1) is 73.2. The maximum absolute atomic E-state index is 12.8. The van der Waals surface area contributed by atoms with Crippen LogP contribution in [0.5, 0.6) is 0 Å². The highest BCUT2D eigenvalue weighted by Gasteiger charge is 2.22. The SMILES string of the molecule is CC/C=C\C/C=C\C/C=C\C/C=C\C/C=C\C/C=C\CCCCCCCCCCCCCCCCCCCCCCCCC(=O)OC(COC(=O)CCCCCCC/C=C\CCCC)COP(=O)([O-])OCC[N+](C)(C)C. The first-order chi connectivity index (χ1) is 37.0. The third-order valence-corrected chi connectivity index (χ3v) is 14.4. The van der Waals surface area contributed by atoms with Crippen LogP contribution in [0.3, 0.4) is 0 Å². The fraction of sp³-hybridized carbons (Fsp3) is 0.758. The Morgan fingerprint density at radius 3 is 1.13 bits per heavy atom. The zero-order chi connectivity index (χ0) is 55.6. The van der Waals surface area contributed by atoms with Crippen LogP contribution in [0.2, 0.25) is 0 Å². The summed E-state index contributed by atoms with van der Waals surface area (Å²) in [6.45, 7) is 4.08. The van der Waals surface area contributed by atoms with Crippen LogP contribution in [-0.4, -0.2) is 70.0 Å². The Morgan fingerprint density at radius 2 is 0.750 bits per heavy atom. The lowest BCUT2D eigenvalue weighted by molar-refractivity contribution is -0.870. The number of phosphoric acid groups is 1. The van der Waals surface area contributed by atoms with Crippen LogP contribution in [0, 0.1) is 0 Å². The van der Waals surface area contributed by atoms with Gasteiger partial charge in [-0.2, -0.15) is 0 Å². The summed E-state index contributed by atoms with van der Waals surface area (Å²) in [5.74, 6) is -0.838. The molecule has 10 heteroatoms. The minimum absolute atomic E-state index is 0.0323. The molecule has 0 rings (SSSR count). The molecule has 0 amide bonds. The first-order valence-corrected chi connectivity index (χ1v) is 32.8. The van der Waals surface area contributed by atoms with Crippen molar-refractivity contribution in [3.05, 3.63) is 85.1 Å². The lowest BCUT2D eigenvalue weighted by Crippen LogP contribution is -2.37. The van der Waals surface area contributed by atoms with Gasteiger partial charge in [0.05, 0.1) is 27.7 Å². The number of hydrogen-bond acceptors (Lipinski definition) is 8. The Hall–Kier alpha value is -2.81. The molecule has 0 saturated heterocycles. The van der Waals surface area contributed by atoms with Crippen LogP contribution >= 0.6 is 7.82 Å². The number of carbonyl (C=O) groups is 2. The third kappa shape index (κ3) is 60.4. The average molecular weight is 1080 g/mol. The van der Waals surface area contributed by atoms with E-state index in [1.165, 1.54) is 135 Å². The Kier molecular flexibility index (Phi) is 54.8. The van der Waals surface area contributed by atoms with Gasteiger partial charge in [0.2, 0.25) is 0 Å². The zero-order valence-electron chi connectivity index (χ0n) is 49.9. The van der Waals surface area contributed by atoms with E-state index in [0.29, 0.717) is 17.4 Å². The summed E-state index contributed by atoms with van der Waals surface area (Å²) in [6.07, 6.45) is 76.8. The molecule has 0 heterocycles. The molecule has 0 aromatic carbocycles. The number of likely N-dealkylation sites (N-methyl/N-ethyl adjacent to an activating group) is 1. The molecule has 0 fully saturated rings. The first-order valence-electron chi connectivity index (χ1n) is 31.3. The molecule has 0 aromatic rings. The van der Waals surface area contributed by atoms with Gasteiger partial charge in [-0.25, -0.2) is 0 Å². The lowest BCUT2D eigenvalue weighted by atomic mass is 10.0. The molecule has 9 nitrogen and oxygen atoms in total. The molecule has 2 atom stereocenters. The highest BCUT2D eigenvalue weighted by Crippen LogP contribution is 2.38. The molecule has 0 spiro atoms. The molecule has 0 aliphatic heterocycles. The number of unbranched alkanes of at least 4 members (excludes halogenated alkanes) is 29. The van der Waals surface area contributed by atoms with E-state index >= 15 is 0 Å². The summed E-state index contributed by atoms with van der Waals surface area (Å²) in [7, 11) is 1.17. The Bertz CT molecular complexity index is 1560. The van der Waals surface area contributed by atoms with Crippen LogP contribution in [0.4, 0.5) is 0 Å². The minimum atomic E-state index is -4.63. The van der Waals surface area contributed by atoms with E-state index < -0.39 is 32.5 Å². The Morgan fingerprint density at radius 1 is 0.421 bits per heavy atom. The topological polar surface area (TPSA) is 111 Å². The molecular formula is C66H118NO8P. The summed E-state index contributed by atoms with van der Waals surface area (Å²) in [6, 6.07) is 0. The standard InChI is InChI=1S/C66H118NO8P/c1-6-8-10-12-14-16-18-19-20-21-22-23-24-25-26-27-28-29-30-31-32-33-34-35-36-37-38-39-40-41-42-43-44-45-46-47-49-51-53-55-57-59-66(69)75-64(63-74-76(70,71)73-61-60-67(3,4)5)62-72-65(68)58-56-54-52-50-48-17-15-13-11-9-7-2/h8,10,13-16,19-20,22-23,25-26,28-29,64H,6-7,9,11-12,17-18,21,24,27,30-63H2,1-5H3/b10-8-,15-13-,16-14-,20-19-,23-22-,26-25-,29-28-. The van der Waals surface area contributed by atoms with Crippen molar-refractivity contribution in [2.45, 2.75) is 277 Å². The van der Waals surface area contributed by atoms with Gasteiger partial charge in [-0.3, -0.25) is 14.2 Å². The third-order valence-electron chi connectivity index (χ3n) is 13.4. The quantitative estimate of drug-likeness (QED) is 0.0195. The summed E-state index contributed by atoms with van der Waals surface area (Å²) in [5.41, 5.74) is 0. The van der Waals surface area contributed by atoms with Crippen molar-refractivity contribution in [2.75, 3.05) is 47.5 Å². The van der Waals surface area contributed by atoms with E-state index in [1.54, 1.807) is 0 Å². The predicted molar refractivity (Wildman–Crippen MR) is 323 cm³/mol. The number of allylic oxidation sites excluding steroid dienone is 14. The molecule has 0 radical (unpaired) electrons. The van der Waals surface area contributed by atoms with Gasteiger partial charge in [0.1, 0.15) is 19.8 Å². The van der Waals surface area contributed by atoms with Crippen LogP contribution in [0.25, 0.3) is 0 Å². The Labute approximate surface area is 469 Å². The molecule has 0 aliphatic rings. The van der Waals surface area contributed by atoms with E-state index in [4.69, 9.17) is 18.5 Å². The molecule has 0 aromatic heterocycles. The Balaban J connectivity index is 3.87. The van der Waals surface area contributed by atoms with Gasteiger partial charge in [0, 0.05) is 12.8 Å². The van der Waals surface area contributed by atoms with E-state index in [9.17, 15) is 19.0 Å². The van der Waals surface area contributed by atoms with Gasteiger partial charge >= 0.3 is 11.9 Å². The van der Waals surface area contributed by atoms with Crippen LogP contribution in [0.15, 0.2) is 85.1 Å². The number of rotatable bonds is 57. The van der Waals surface area contributed by atoms with Crippen LogP contribution in [0.1, 0.15) is 271 Å². The molecule has 2 unspecified atom stereocenters. The number of ether oxygens (including phenoxy) is 2. The van der Waals surface area contributed by atoms with Gasteiger partial charge in [0.25, 0.3) is 7.82 Å². The number of esters is 2. The molecular weight excluding hydrogens is 966 g/mol. The fourth-order valence-corrected chi connectivity index (χ4v) is 9.31. The van der Waals surface area contributed by atoms with E-state index in [-0.39, 0.29) is 26.1 Å². The van der Waals surface area contributed by atoms with E-state index in [2.05, 4.69) is 98.9 Å². The summed E-state index contributed by atoms with van der Waals surface area (Å²) < 4.78 is 34.1. The lowest BCUT2D eigenvalue weighted by Gasteiger charge is -2.28. The summed E-state index contributed by atoms with van der Waals surface area (Å²) in [4.78, 5) is 37.7. The molecule has 0 aliphatic carbocycles. The average Bonchev–Trinajstić information content (AvgIpc) is 3.38. The van der Waals surface area contributed by atoms with Gasteiger partial charge in [-0.05, 0) is 83.5 Å². The largest absolute Gasteiger partial charge is 0.756 e. The highest BCUT2D eigenvalue weighted by atomic mass is 31.2. The second kappa shape index (κ2) is 56.9. The van der Waals surface area contributed by atoms with E-state index in [1.807, 2.05) is 21.1 Å². The van der Waals surface area contributed by atoms with E-state index in [0.717, 1.165) is 103 Å². The van der Waals surface area contributed by atoms with Crippen molar-refractivity contribution in [1.82, 2.24) is 0 Å². The van der Waals surface area contributed by atoms with Crippen molar-refractivity contribution in [1.29, 1.82) is 0 Å². The van der Waals surface area contributed by atoms with Crippen molar-refractivity contribution in [3.8, 4) is 0 Å². The normalized spacial score (nSPS) is 13.8. The van der Waals surface area contributed by atoms with Crippen molar-refractivity contribution in [2.24, 2.45) is 0 Å². The van der Waals surface area contributed by atoms with Crippen LogP contribution in [-0.2, 0) is 32.7 Å². The summed E-state index contributed by atoms with van der Waals surface area (Å²) in [5, 5.41) is 0. The van der Waals surface area contributed by atoms with Gasteiger partial charge in [0.15, 0.2) is 6.10 Å². The molecule has 440 valence electrons. The number of carbonyl (C=O) groups excluding carboxylic acids is 2. The maximum Gasteiger partial charge on any atom is 0.306 e. The number of quaternary nitrogens is 1. The number of phosphoric ester groups is 1. The van der Waals surface area contributed by atoms with Crippen LogP contribution < -0.4 is 4.89 Å². The smallest absolute Gasteiger partial charge is 0.306 e. The van der Waals surface area contributed by atoms with Gasteiger partial charge < -0.3 is 27.9 Å². The van der Waals surface area contributed by atoms with Crippen molar-refractivity contribution in [3.63, 3.8) is 0 Å². The summed E-state index contributed by atoms with van der Waals surface area (Å²) >= 11 is 0. The van der Waals surface area contributed by atoms with Crippen molar-refractivity contribution < 1.29 is 42.1 Å².